The topological polar surface area (TPSA) is 59.8 Å². The van der Waals surface area contributed by atoms with Crippen LogP contribution in [0.2, 0.25) is 0 Å². The summed E-state index contributed by atoms with van der Waals surface area (Å²) in [5.41, 5.74) is 3.03. The fourth-order valence-corrected chi connectivity index (χ4v) is 2.58. The molecule has 0 unspecified atom stereocenters. The van der Waals surface area contributed by atoms with Gasteiger partial charge in [-0.3, -0.25) is 14.5 Å². The molecular weight excluding hydrogens is 319 g/mol. The van der Waals surface area contributed by atoms with Gasteiger partial charge in [-0.25, -0.2) is 4.39 Å². The molecule has 0 aliphatic rings. The number of carbonyl (C=O) groups excluding carboxylic acids is 1. The first-order valence-corrected chi connectivity index (χ1v) is 7.74. The molecule has 126 valence electrons. The maximum Gasteiger partial charge on any atom is 0.229 e. The molecule has 0 spiro atoms. The maximum atomic E-state index is 13.3. The minimum Gasteiger partial charge on any atom is -0.310 e. The van der Waals surface area contributed by atoms with Gasteiger partial charge in [0.1, 0.15) is 17.3 Å². The van der Waals surface area contributed by atoms with Gasteiger partial charge in [-0.2, -0.15) is 5.10 Å². The first kappa shape index (κ1) is 16.6. The minimum atomic E-state index is -0.315. The summed E-state index contributed by atoms with van der Waals surface area (Å²) in [5.74, 6) is 0.0704. The van der Waals surface area contributed by atoms with Crippen molar-refractivity contribution >= 4 is 11.7 Å². The Morgan fingerprint density at radius 3 is 2.52 bits per heavy atom. The molecular formula is C19H17FN4O. The van der Waals surface area contributed by atoms with E-state index in [0.717, 1.165) is 16.7 Å². The molecule has 2 heterocycles. The molecule has 25 heavy (non-hydrogen) atoms. The Morgan fingerprint density at radius 1 is 1.20 bits per heavy atom. The zero-order chi connectivity index (χ0) is 17.8. The van der Waals surface area contributed by atoms with Gasteiger partial charge in [-0.05, 0) is 42.0 Å². The van der Waals surface area contributed by atoms with Gasteiger partial charge in [0, 0.05) is 31.4 Å². The van der Waals surface area contributed by atoms with Crippen LogP contribution in [0.4, 0.5) is 10.2 Å². The SMILES string of the molecule is C=CCC(=O)Nc1c(-c2ccncc2)c(-c2ccc(F)cc2)nn1C. The van der Waals surface area contributed by atoms with Crippen LogP contribution in [0.1, 0.15) is 6.42 Å². The second kappa shape index (κ2) is 7.09. The molecule has 1 aromatic carbocycles. The van der Waals surface area contributed by atoms with Gasteiger partial charge in [0.25, 0.3) is 0 Å². The van der Waals surface area contributed by atoms with Crippen LogP contribution in [-0.4, -0.2) is 20.7 Å². The van der Waals surface area contributed by atoms with Gasteiger partial charge in [0.2, 0.25) is 5.91 Å². The van der Waals surface area contributed by atoms with E-state index in [1.807, 2.05) is 12.1 Å². The van der Waals surface area contributed by atoms with Crippen molar-refractivity contribution in [1.82, 2.24) is 14.8 Å². The fraction of sp³-hybridized carbons (Fsp3) is 0.105. The van der Waals surface area contributed by atoms with E-state index in [0.29, 0.717) is 11.5 Å². The van der Waals surface area contributed by atoms with Crippen molar-refractivity contribution in [3.05, 3.63) is 67.3 Å². The third-order valence-electron chi connectivity index (χ3n) is 3.72. The standard InChI is InChI=1S/C19H17FN4O/c1-3-4-16(25)22-19-17(13-9-11-21-12-10-13)18(23-24(19)2)14-5-7-15(20)8-6-14/h3,5-12H,1,4H2,2H3,(H,22,25). The maximum absolute atomic E-state index is 13.3. The van der Waals surface area contributed by atoms with Crippen LogP contribution in [0.15, 0.2) is 61.4 Å². The number of nitrogens with one attached hydrogen (secondary N) is 1. The van der Waals surface area contributed by atoms with Gasteiger partial charge in [0.05, 0.1) is 5.56 Å². The monoisotopic (exact) mass is 336 g/mol. The predicted octanol–water partition coefficient (Wildman–Crippen LogP) is 3.80. The van der Waals surface area contributed by atoms with E-state index in [1.54, 1.807) is 42.3 Å². The van der Waals surface area contributed by atoms with Gasteiger partial charge in [0.15, 0.2) is 0 Å². The average Bonchev–Trinajstić information content (AvgIpc) is 2.93. The number of aromatic nitrogens is 3. The molecule has 1 N–H and O–H groups in total. The average molecular weight is 336 g/mol. The summed E-state index contributed by atoms with van der Waals surface area (Å²) in [6, 6.07) is 9.78. The number of anilines is 1. The van der Waals surface area contributed by atoms with Crippen molar-refractivity contribution in [1.29, 1.82) is 0 Å². The van der Waals surface area contributed by atoms with E-state index in [1.165, 1.54) is 12.1 Å². The normalized spacial score (nSPS) is 10.5. The number of rotatable bonds is 5. The van der Waals surface area contributed by atoms with Crippen molar-refractivity contribution in [2.24, 2.45) is 7.05 Å². The van der Waals surface area contributed by atoms with E-state index in [2.05, 4.69) is 22.0 Å². The minimum absolute atomic E-state index is 0.182. The van der Waals surface area contributed by atoms with E-state index in [-0.39, 0.29) is 18.1 Å². The van der Waals surface area contributed by atoms with Crippen LogP contribution in [0.3, 0.4) is 0 Å². The predicted molar refractivity (Wildman–Crippen MR) is 95.3 cm³/mol. The quantitative estimate of drug-likeness (QED) is 0.721. The number of benzene rings is 1. The molecule has 3 aromatic rings. The third-order valence-corrected chi connectivity index (χ3v) is 3.72. The molecule has 1 amide bonds. The highest BCUT2D eigenvalue weighted by Crippen LogP contribution is 2.37. The van der Waals surface area contributed by atoms with Crippen LogP contribution in [0.5, 0.6) is 0 Å². The Labute approximate surface area is 144 Å². The first-order chi connectivity index (χ1) is 12.1. The third kappa shape index (κ3) is 3.47. The van der Waals surface area contributed by atoms with Crippen LogP contribution in [-0.2, 0) is 11.8 Å². The van der Waals surface area contributed by atoms with Gasteiger partial charge >= 0.3 is 0 Å². The highest BCUT2D eigenvalue weighted by Gasteiger charge is 2.20. The van der Waals surface area contributed by atoms with Crippen LogP contribution in [0.25, 0.3) is 22.4 Å². The summed E-state index contributed by atoms with van der Waals surface area (Å²) in [7, 11) is 1.75. The van der Waals surface area contributed by atoms with E-state index >= 15 is 0 Å². The Morgan fingerprint density at radius 2 is 1.88 bits per heavy atom. The molecule has 0 saturated heterocycles. The molecule has 0 aliphatic carbocycles. The number of hydrogen-bond acceptors (Lipinski definition) is 3. The van der Waals surface area contributed by atoms with Crippen LogP contribution >= 0.6 is 0 Å². The van der Waals surface area contributed by atoms with Gasteiger partial charge < -0.3 is 5.32 Å². The molecule has 2 aromatic heterocycles. The van der Waals surface area contributed by atoms with Crippen molar-refractivity contribution < 1.29 is 9.18 Å². The number of halogens is 1. The number of aryl methyl sites for hydroxylation is 1. The van der Waals surface area contributed by atoms with Crippen LogP contribution < -0.4 is 5.32 Å². The smallest absolute Gasteiger partial charge is 0.229 e. The van der Waals surface area contributed by atoms with Crippen molar-refractivity contribution in [2.75, 3.05) is 5.32 Å². The van der Waals surface area contributed by atoms with E-state index in [9.17, 15) is 9.18 Å². The molecule has 6 heteroatoms. The molecule has 0 aliphatic heterocycles. The molecule has 3 rings (SSSR count). The summed E-state index contributed by atoms with van der Waals surface area (Å²) < 4.78 is 14.9. The number of pyridine rings is 1. The molecule has 0 bridgehead atoms. The van der Waals surface area contributed by atoms with E-state index < -0.39 is 0 Å². The molecule has 0 atom stereocenters. The number of carbonyl (C=O) groups is 1. The lowest BCUT2D eigenvalue weighted by Crippen LogP contribution is -2.13. The molecule has 0 fully saturated rings. The second-order valence-corrected chi connectivity index (χ2v) is 5.48. The highest BCUT2D eigenvalue weighted by molar-refractivity contribution is 5.98. The fourth-order valence-electron chi connectivity index (χ4n) is 2.58. The van der Waals surface area contributed by atoms with Crippen LogP contribution in [0, 0.1) is 5.82 Å². The summed E-state index contributed by atoms with van der Waals surface area (Å²) in [6.45, 7) is 3.58. The number of amides is 1. The summed E-state index contributed by atoms with van der Waals surface area (Å²) in [4.78, 5) is 16.1. The molecule has 0 radical (unpaired) electrons. The van der Waals surface area contributed by atoms with Gasteiger partial charge in [-0.15, -0.1) is 6.58 Å². The van der Waals surface area contributed by atoms with Gasteiger partial charge in [-0.1, -0.05) is 6.08 Å². The summed E-state index contributed by atoms with van der Waals surface area (Å²) in [5, 5.41) is 7.41. The Hall–Kier alpha value is -3.28. The summed E-state index contributed by atoms with van der Waals surface area (Å²) >= 11 is 0. The largest absolute Gasteiger partial charge is 0.310 e. The lowest BCUT2D eigenvalue weighted by Gasteiger charge is -2.09. The van der Waals surface area contributed by atoms with Crippen molar-refractivity contribution in [3.8, 4) is 22.4 Å². The highest BCUT2D eigenvalue weighted by atomic mass is 19.1. The zero-order valence-corrected chi connectivity index (χ0v) is 13.7. The Bertz CT molecular complexity index is 901. The Kier molecular flexibility index (Phi) is 4.70. The van der Waals surface area contributed by atoms with Crippen molar-refractivity contribution in [3.63, 3.8) is 0 Å². The second-order valence-electron chi connectivity index (χ2n) is 5.48. The lowest BCUT2D eigenvalue weighted by molar-refractivity contribution is -0.115. The zero-order valence-electron chi connectivity index (χ0n) is 13.7. The molecule has 0 saturated carbocycles. The molecule has 5 nitrogen and oxygen atoms in total. The summed E-state index contributed by atoms with van der Waals surface area (Å²) in [6.07, 6.45) is 5.09. The lowest BCUT2D eigenvalue weighted by atomic mass is 10.0. The Balaban J connectivity index is 2.17. The number of nitrogens with zero attached hydrogens (tertiary/aromatic N) is 3. The van der Waals surface area contributed by atoms with E-state index in [4.69, 9.17) is 0 Å². The van der Waals surface area contributed by atoms with Crippen molar-refractivity contribution in [2.45, 2.75) is 6.42 Å². The first-order valence-electron chi connectivity index (χ1n) is 7.74. The number of hydrogen-bond donors (Lipinski definition) is 1.